The molecule has 0 aliphatic heterocycles. The van der Waals surface area contributed by atoms with Crippen molar-refractivity contribution in [2.45, 2.75) is 73.6 Å². The second kappa shape index (κ2) is 18.8. The summed E-state index contributed by atoms with van der Waals surface area (Å²) in [5.41, 5.74) is 4.98. The number of rotatable bonds is 11. The van der Waals surface area contributed by atoms with E-state index in [1.165, 1.54) is 0 Å². The van der Waals surface area contributed by atoms with Crippen LogP contribution in [-0.2, 0) is 19.1 Å². The lowest BCUT2D eigenvalue weighted by Crippen LogP contribution is -2.15. The maximum Gasteiger partial charge on any atom is 0.341 e. The Hall–Kier alpha value is -4.86. The van der Waals surface area contributed by atoms with E-state index in [2.05, 4.69) is 28.8 Å². The predicted molar refractivity (Wildman–Crippen MR) is 178 cm³/mol. The first-order valence-corrected chi connectivity index (χ1v) is 15.5. The number of para-hydroxylation sites is 2. The molecule has 0 fully saturated rings. The Labute approximate surface area is 271 Å². The molecule has 0 bridgehead atoms. The second-order valence-electron chi connectivity index (χ2n) is 11.2. The number of aromatic nitrogens is 4. The molecule has 0 aliphatic carbocycles. The molecule has 0 saturated heterocycles. The molecule has 4 rings (SSSR count). The molecule has 0 spiro atoms. The fraction of sp³-hybridized carbons (Fsp3) is 0.389. The van der Waals surface area contributed by atoms with Gasteiger partial charge in [0.15, 0.2) is 6.29 Å². The molecule has 46 heavy (non-hydrogen) atoms. The number of nitrogens with zero attached hydrogens (tertiary/aromatic N) is 4. The molecule has 2 heterocycles. The van der Waals surface area contributed by atoms with Gasteiger partial charge < -0.3 is 9.47 Å². The van der Waals surface area contributed by atoms with Crippen LogP contribution in [0.3, 0.4) is 0 Å². The van der Waals surface area contributed by atoms with E-state index in [-0.39, 0.29) is 35.9 Å². The van der Waals surface area contributed by atoms with Gasteiger partial charge in [-0.25, -0.2) is 14.2 Å². The summed E-state index contributed by atoms with van der Waals surface area (Å²) in [6, 6.07) is 19.6. The average Bonchev–Trinajstić information content (AvgIpc) is 3.68. The zero-order chi connectivity index (χ0) is 34.2. The Balaban J connectivity index is 0.000000250. The molecule has 0 unspecified atom stereocenters. The van der Waals surface area contributed by atoms with Crippen molar-refractivity contribution in [3.63, 3.8) is 0 Å². The van der Waals surface area contributed by atoms with Crippen molar-refractivity contribution in [3.8, 4) is 11.4 Å². The molecule has 0 aliphatic rings. The first kappa shape index (κ1) is 37.3. The fourth-order valence-corrected chi connectivity index (χ4v) is 4.43. The van der Waals surface area contributed by atoms with E-state index < -0.39 is 5.97 Å². The van der Waals surface area contributed by atoms with Crippen LogP contribution in [-0.4, -0.2) is 56.8 Å². The van der Waals surface area contributed by atoms with Crippen molar-refractivity contribution in [1.82, 2.24) is 19.6 Å². The van der Waals surface area contributed by atoms with E-state index >= 15 is 0 Å². The number of hydrogen-bond donors (Lipinski definition) is 0. The summed E-state index contributed by atoms with van der Waals surface area (Å²) in [5.74, 6) is -0.438. The monoisotopic (exact) mass is 630 g/mol. The number of ether oxygens (including phenoxy) is 2. The van der Waals surface area contributed by atoms with Gasteiger partial charge in [0.1, 0.15) is 17.8 Å². The van der Waals surface area contributed by atoms with Crippen LogP contribution in [0.2, 0.25) is 0 Å². The number of ketones is 1. The highest BCUT2D eigenvalue weighted by Crippen LogP contribution is 2.24. The number of aldehydes is 1. The molecule has 0 amide bonds. The number of hydrogen-bond acceptors (Lipinski definition) is 8. The van der Waals surface area contributed by atoms with Crippen LogP contribution in [0.4, 0.5) is 0 Å². The summed E-state index contributed by atoms with van der Waals surface area (Å²) >= 11 is 0. The third kappa shape index (κ3) is 10.6. The minimum atomic E-state index is -0.425. The zero-order valence-corrected chi connectivity index (χ0v) is 28.1. The maximum absolute atomic E-state index is 11.9. The quantitative estimate of drug-likeness (QED) is 0.0973. The molecule has 4 aromatic rings. The molecular weight excluding hydrogens is 584 g/mol. The van der Waals surface area contributed by atoms with Gasteiger partial charge in [0.2, 0.25) is 0 Å². The van der Waals surface area contributed by atoms with Gasteiger partial charge in [-0.2, -0.15) is 10.2 Å². The fourth-order valence-electron chi connectivity index (χ4n) is 4.43. The van der Waals surface area contributed by atoms with Crippen molar-refractivity contribution < 1.29 is 28.7 Å². The average molecular weight is 631 g/mol. The van der Waals surface area contributed by atoms with Gasteiger partial charge in [-0.3, -0.25) is 14.4 Å². The van der Waals surface area contributed by atoms with Crippen LogP contribution in [0.15, 0.2) is 73.1 Å². The highest BCUT2D eigenvalue weighted by molar-refractivity contribution is 5.96. The Morgan fingerprint density at radius 3 is 1.63 bits per heavy atom. The maximum atomic E-state index is 11.9. The normalized spacial score (nSPS) is 10.5. The lowest BCUT2D eigenvalue weighted by Gasteiger charge is -2.12. The number of carbonyl (C=O) groups excluding carboxylic acids is 4. The second-order valence-corrected chi connectivity index (χ2v) is 11.2. The SMILES string of the molecule is CC(C)c1c(C=O)cnn1-c1ccccc1.CCOC(=O)CC(=O)C(C)C.CCOC(=O)c1cnn(-c2ccccc2)c1C(C)C. The molecule has 2 aromatic heterocycles. The Morgan fingerprint density at radius 2 is 1.20 bits per heavy atom. The van der Waals surface area contributed by atoms with Gasteiger partial charge >= 0.3 is 11.9 Å². The van der Waals surface area contributed by atoms with Crippen LogP contribution in [0.1, 0.15) is 106 Å². The minimum Gasteiger partial charge on any atom is -0.466 e. The molecule has 10 nitrogen and oxygen atoms in total. The van der Waals surface area contributed by atoms with E-state index in [0.29, 0.717) is 24.3 Å². The van der Waals surface area contributed by atoms with Crippen molar-refractivity contribution >= 4 is 24.0 Å². The number of esters is 2. The molecular formula is C36H46N4O6. The molecule has 0 N–H and O–H groups in total. The van der Waals surface area contributed by atoms with Crippen molar-refractivity contribution in [3.05, 3.63) is 95.6 Å². The molecule has 10 heteroatoms. The van der Waals surface area contributed by atoms with Crippen LogP contribution >= 0.6 is 0 Å². The summed E-state index contributed by atoms with van der Waals surface area (Å²) in [7, 11) is 0. The van der Waals surface area contributed by atoms with E-state index in [0.717, 1.165) is 29.0 Å². The van der Waals surface area contributed by atoms with Gasteiger partial charge in [0, 0.05) is 5.92 Å². The molecule has 0 atom stereocenters. The van der Waals surface area contributed by atoms with Crippen LogP contribution in [0.25, 0.3) is 11.4 Å². The topological polar surface area (TPSA) is 122 Å². The van der Waals surface area contributed by atoms with Crippen LogP contribution in [0.5, 0.6) is 0 Å². The molecule has 2 aromatic carbocycles. The smallest absolute Gasteiger partial charge is 0.341 e. The highest BCUT2D eigenvalue weighted by Gasteiger charge is 2.21. The zero-order valence-electron chi connectivity index (χ0n) is 28.1. The highest BCUT2D eigenvalue weighted by atomic mass is 16.5. The lowest BCUT2D eigenvalue weighted by molar-refractivity contribution is -0.146. The van der Waals surface area contributed by atoms with Crippen molar-refractivity contribution in [2.75, 3.05) is 13.2 Å². The van der Waals surface area contributed by atoms with Crippen molar-refractivity contribution in [2.24, 2.45) is 5.92 Å². The third-order valence-electron chi connectivity index (χ3n) is 6.63. The van der Waals surface area contributed by atoms with E-state index in [1.54, 1.807) is 44.8 Å². The summed E-state index contributed by atoms with van der Waals surface area (Å²) in [6.07, 6.45) is 3.98. The lowest BCUT2D eigenvalue weighted by atomic mass is 10.1. The molecule has 246 valence electrons. The largest absolute Gasteiger partial charge is 0.466 e. The van der Waals surface area contributed by atoms with Gasteiger partial charge in [0.25, 0.3) is 0 Å². The summed E-state index contributed by atoms with van der Waals surface area (Å²) < 4.78 is 13.3. The standard InChI is InChI=1S/C15H18N2O2.C13H14N2O.C8H14O3/c1-4-19-15(18)13-10-16-17(14(13)11(2)3)12-8-6-5-7-9-12;1-10(2)13-11(9-16)8-14-15(13)12-6-4-3-5-7-12;1-4-11-8(10)5-7(9)6(2)3/h5-11H,4H2,1-3H3;3-10H,1-2H3;6H,4-5H2,1-3H3. The van der Waals surface area contributed by atoms with E-state index in [1.807, 2.05) is 79.2 Å². The number of carbonyl (C=O) groups is 4. The Kier molecular flexibility index (Phi) is 15.3. The van der Waals surface area contributed by atoms with Crippen LogP contribution < -0.4 is 0 Å². The number of Topliss-reactive ketones (excluding diaryl/α,β-unsaturated/α-hetero) is 1. The van der Waals surface area contributed by atoms with Crippen molar-refractivity contribution in [1.29, 1.82) is 0 Å². The summed E-state index contributed by atoms with van der Waals surface area (Å²) in [5, 5.41) is 8.59. The first-order chi connectivity index (χ1) is 22.0. The molecule has 0 saturated carbocycles. The Morgan fingerprint density at radius 1 is 0.717 bits per heavy atom. The van der Waals surface area contributed by atoms with Gasteiger partial charge in [-0.05, 0) is 49.9 Å². The first-order valence-electron chi connectivity index (χ1n) is 15.5. The third-order valence-corrected chi connectivity index (χ3v) is 6.63. The molecule has 0 radical (unpaired) electrons. The van der Waals surface area contributed by atoms with Crippen LogP contribution in [0, 0.1) is 5.92 Å². The van der Waals surface area contributed by atoms with Gasteiger partial charge in [0.05, 0.1) is 53.9 Å². The summed E-state index contributed by atoms with van der Waals surface area (Å²) in [4.78, 5) is 44.5. The summed E-state index contributed by atoms with van der Waals surface area (Å²) in [6.45, 7) is 16.0. The van der Waals surface area contributed by atoms with Gasteiger partial charge in [-0.1, -0.05) is 77.9 Å². The minimum absolute atomic E-state index is 0.0662. The van der Waals surface area contributed by atoms with Gasteiger partial charge in [-0.15, -0.1) is 0 Å². The number of benzene rings is 2. The predicted octanol–water partition coefficient (Wildman–Crippen LogP) is 7.15. The van der Waals surface area contributed by atoms with E-state index in [4.69, 9.17) is 4.74 Å². The Bertz CT molecular complexity index is 1540. The van der Waals surface area contributed by atoms with E-state index in [9.17, 15) is 19.2 Å².